The van der Waals surface area contributed by atoms with E-state index in [9.17, 15) is 9.90 Å². The normalized spacial score (nSPS) is 12.8. The molecule has 10 heteroatoms. The molecule has 1 atom stereocenters. The molecule has 0 amide bonds. The summed E-state index contributed by atoms with van der Waals surface area (Å²) in [5, 5.41) is 23.4. The van der Waals surface area contributed by atoms with Gasteiger partial charge in [-0.1, -0.05) is 18.2 Å². The summed E-state index contributed by atoms with van der Waals surface area (Å²) in [5.41, 5.74) is 5.51. The summed E-state index contributed by atoms with van der Waals surface area (Å²) in [7, 11) is 0. The Labute approximate surface area is 122 Å². The molecule has 1 aromatic carbocycles. The Bertz CT molecular complexity index is 426. The zero-order chi connectivity index (χ0) is 14.9. The average Bonchev–Trinajstić information content (AvgIpc) is 2.39. The van der Waals surface area contributed by atoms with Crippen molar-refractivity contribution in [2.24, 2.45) is 22.5 Å². The van der Waals surface area contributed by atoms with Gasteiger partial charge < -0.3 is 27.1 Å². The number of guanidine groups is 1. The van der Waals surface area contributed by atoms with Gasteiger partial charge in [0.05, 0.1) is 0 Å². The number of hydrogen-bond donors (Lipinski definition) is 7. The van der Waals surface area contributed by atoms with E-state index in [1.165, 1.54) is 6.92 Å². The maximum atomic E-state index is 10.5. The van der Waals surface area contributed by atoms with E-state index in [2.05, 4.69) is 16.3 Å². The van der Waals surface area contributed by atoms with Crippen LogP contribution in [-0.2, 0) is 4.79 Å². The number of rotatable bonds is 3. The summed E-state index contributed by atoms with van der Waals surface area (Å²) in [5.74, 6) is 8.01. The van der Waals surface area contributed by atoms with Crippen LogP contribution in [0, 0.1) is 0 Å². The van der Waals surface area contributed by atoms with E-state index in [1.807, 2.05) is 5.43 Å². The number of halogens is 1. The largest absolute Gasteiger partial charge is 0.478 e. The van der Waals surface area contributed by atoms with Crippen LogP contribution in [0.4, 0.5) is 5.69 Å². The quantitative estimate of drug-likeness (QED) is 0.122. The Morgan fingerprint density at radius 3 is 2.15 bits per heavy atom. The van der Waals surface area contributed by atoms with E-state index in [-0.39, 0.29) is 18.4 Å². The maximum absolute atomic E-state index is 10.5. The van der Waals surface area contributed by atoms with E-state index in [4.69, 9.17) is 16.7 Å². The van der Waals surface area contributed by atoms with Gasteiger partial charge in [-0.15, -0.1) is 17.5 Å². The zero-order valence-electron chi connectivity index (χ0n) is 10.8. The predicted molar refractivity (Wildman–Crippen MR) is 78.7 cm³/mol. The van der Waals surface area contributed by atoms with Crippen molar-refractivity contribution in [2.45, 2.75) is 12.6 Å². The van der Waals surface area contributed by atoms with Crippen LogP contribution in [0.1, 0.15) is 6.92 Å². The lowest BCUT2D eigenvalue weighted by atomic mass is 10.2. The predicted octanol–water partition coefficient (Wildman–Crippen LogP) is -1.05. The topological polar surface area (TPSA) is 172 Å². The molecule has 114 valence electrons. The van der Waals surface area contributed by atoms with Crippen molar-refractivity contribution in [2.75, 3.05) is 5.32 Å². The van der Waals surface area contributed by atoms with E-state index >= 15 is 0 Å². The van der Waals surface area contributed by atoms with Crippen molar-refractivity contribution in [1.82, 2.24) is 5.43 Å². The zero-order valence-corrected chi connectivity index (χ0v) is 11.6. The molecule has 9 nitrogen and oxygen atoms in total. The minimum absolute atomic E-state index is 0. The molecule has 0 aliphatic rings. The van der Waals surface area contributed by atoms with Crippen LogP contribution in [0.5, 0.6) is 0 Å². The Kier molecular flexibility index (Phi) is 9.71. The third-order valence-corrected chi connectivity index (χ3v) is 1.86. The number of nitrogens with one attached hydrogen (secondary N) is 2. The molecule has 10 N–H and O–H groups in total. The lowest BCUT2D eigenvalue weighted by Gasteiger charge is -2.20. The third kappa shape index (κ3) is 7.97. The van der Waals surface area contributed by atoms with Gasteiger partial charge in [0, 0.05) is 5.69 Å². The summed E-state index contributed by atoms with van der Waals surface area (Å²) in [4.78, 5) is 10.5. The number of carbonyl (C=O) groups is 1. The standard InChI is InChI=1S/C9H11NO3.CH7N5.ClH/c1-9(13,8(11)12)10-7-5-3-2-4-6-7;2-1(5-3)6-4;/h2-6,10,13H,1H3,(H,11,12);3-4H2,(H3,2,5,6);1H. The smallest absolute Gasteiger partial charge is 0.356 e. The van der Waals surface area contributed by atoms with Crippen LogP contribution in [0.15, 0.2) is 35.4 Å². The maximum Gasteiger partial charge on any atom is 0.356 e. The number of aliphatic carboxylic acids is 1. The van der Waals surface area contributed by atoms with Crippen molar-refractivity contribution < 1.29 is 15.0 Å². The molecule has 0 aliphatic carbocycles. The number of carboxylic acid groups (broad SMARTS) is 1. The van der Waals surface area contributed by atoms with E-state index < -0.39 is 11.7 Å². The summed E-state index contributed by atoms with van der Waals surface area (Å²) < 4.78 is 0. The van der Waals surface area contributed by atoms with E-state index in [0.717, 1.165) is 0 Å². The number of benzene rings is 1. The van der Waals surface area contributed by atoms with Gasteiger partial charge in [-0.05, 0) is 19.1 Å². The SMILES string of the molecule is CC(O)(Nc1ccccc1)C(=O)O.Cl.NN=C(N)NN. The molecule has 20 heavy (non-hydrogen) atoms. The number of anilines is 1. The van der Waals surface area contributed by atoms with Crippen molar-refractivity contribution in [3.05, 3.63) is 30.3 Å². The summed E-state index contributed by atoms with van der Waals surface area (Å²) in [6, 6.07) is 8.66. The molecule has 0 radical (unpaired) electrons. The second-order valence-corrected chi connectivity index (χ2v) is 3.53. The average molecular weight is 307 g/mol. The first-order valence-electron chi connectivity index (χ1n) is 5.12. The van der Waals surface area contributed by atoms with Gasteiger partial charge in [0.15, 0.2) is 0 Å². The highest BCUT2D eigenvalue weighted by Crippen LogP contribution is 2.12. The summed E-state index contributed by atoms with van der Waals surface area (Å²) in [6.07, 6.45) is 0. The number of hydrazine groups is 1. The number of nitrogens with zero attached hydrogens (tertiary/aromatic N) is 1. The molecular weight excluding hydrogens is 288 g/mol. The third-order valence-electron chi connectivity index (χ3n) is 1.86. The first kappa shape index (κ1) is 20.1. The molecule has 0 aromatic heterocycles. The fourth-order valence-electron chi connectivity index (χ4n) is 0.893. The molecule has 0 fully saturated rings. The molecule has 0 saturated heterocycles. The Morgan fingerprint density at radius 2 is 1.85 bits per heavy atom. The van der Waals surface area contributed by atoms with Crippen LogP contribution in [0.25, 0.3) is 0 Å². The van der Waals surface area contributed by atoms with Crippen molar-refractivity contribution in [3.63, 3.8) is 0 Å². The minimum atomic E-state index is -1.93. The van der Waals surface area contributed by atoms with Crippen LogP contribution in [-0.4, -0.2) is 27.9 Å². The summed E-state index contributed by atoms with van der Waals surface area (Å²) >= 11 is 0. The highest BCUT2D eigenvalue weighted by atomic mass is 35.5. The number of hydrazone groups is 1. The lowest BCUT2D eigenvalue weighted by molar-refractivity contribution is -0.153. The van der Waals surface area contributed by atoms with Crippen LogP contribution >= 0.6 is 12.4 Å². The Hall–Kier alpha value is -2.23. The van der Waals surface area contributed by atoms with Crippen LogP contribution in [0.3, 0.4) is 0 Å². The Morgan fingerprint density at radius 1 is 1.35 bits per heavy atom. The van der Waals surface area contributed by atoms with Gasteiger partial charge in [-0.25, -0.2) is 10.6 Å². The number of para-hydroxylation sites is 1. The number of nitrogens with two attached hydrogens (primary N) is 3. The van der Waals surface area contributed by atoms with Crippen molar-refractivity contribution in [1.29, 1.82) is 0 Å². The van der Waals surface area contributed by atoms with Crippen molar-refractivity contribution in [3.8, 4) is 0 Å². The molecule has 0 saturated carbocycles. The highest BCUT2D eigenvalue weighted by Gasteiger charge is 2.29. The van der Waals surface area contributed by atoms with Gasteiger partial charge in [-0.3, -0.25) is 5.43 Å². The fraction of sp³-hybridized carbons (Fsp3) is 0.200. The highest BCUT2D eigenvalue weighted by molar-refractivity contribution is 5.85. The molecule has 0 aliphatic heterocycles. The molecule has 0 spiro atoms. The molecule has 1 rings (SSSR count). The van der Waals surface area contributed by atoms with E-state index in [1.54, 1.807) is 30.3 Å². The first-order valence-corrected chi connectivity index (χ1v) is 5.12. The first-order chi connectivity index (χ1) is 8.83. The second-order valence-electron chi connectivity index (χ2n) is 3.53. The molecular formula is C10H19ClN6O3. The molecule has 0 heterocycles. The van der Waals surface area contributed by atoms with E-state index in [0.29, 0.717) is 5.69 Å². The lowest BCUT2D eigenvalue weighted by Crippen LogP contribution is -2.42. The van der Waals surface area contributed by atoms with Crippen LogP contribution < -0.4 is 28.2 Å². The fourth-order valence-corrected chi connectivity index (χ4v) is 0.893. The number of hydrogen-bond acceptors (Lipinski definition) is 6. The van der Waals surface area contributed by atoms with Gasteiger partial charge in [0.1, 0.15) is 0 Å². The van der Waals surface area contributed by atoms with Gasteiger partial charge in [0.25, 0.3) is 0 Å². The molecule has 1 unspecified atom stereocenters. The minimum Gasteiger partial charge on any atom is -0.478 e. The molecule has 0 bridgehead atoms. The second kappa shape index (κ2) is 9.67. The number of aliphatic hydroxyl groups is 1. The van der Waals surface area contributed by atoms with Gasteiger partial charge in [-0.2, -0.15) is 0 Å². The van der Waals surface area contributed by atoms with Gasteiger partial charge >= 0.3 is 5.97 Å². The monoisotopic (exact) mass is 306 g/mol. The molecule has 1 aromatic rings. The number of carboxylic acids is 1. The summed E-state index contributed by atoms with van der Waals surface area (Å²) in [6.45, 7) is 1.18. The van der Waals surface area contributed by atoms with Crippen LogP contribution in [0.2, 0.25) is 0 Å². The van der Waals surface area contributed by atoms with Crippen molar-refractivity contribution >= 4 is 30.0 Å². The Balaban J connectivity index is 0. The van der Waals surface area contributed by atoms with Gasteiger partial charge in [0.2, 0.25) is 11.7 Å².